The molecule has 1 aliphatic heterocycles. The van der Waals surface area contributed by atoms with Crippen molar-refractivity contribution < 1.29 is 0 Å². The van der Waals surface area contributed by atoms with Crippen LogP contribution in [0.5, 0.6) is 0 Å². The molecule has 0 spiro atoms. The van der Waals surface area contributed by atoms with Crippen LogP contribution in [-0.4, -0.2) is 67.1 Å². The second-order valence-electron chi connectivity index (χ2n) is 3.42. The van der Waals surface area contributed by atoms with Crippen LogP contribution in [0.25, 0.3) is 0 Å². The number of nitriles is 1. The van der Waals surface area contributed by atoms with E-state index in [4.69, 9.17) is 5.26 Å². The van der Waals surface area contributed by atoms with Crippen LogP contribution in [0, 0.1) is 11.3 Å². The van der Waals surface area contributed by atoms with Crippen molar-refractivity contribution in [1.29, 1.82) is 5.26 Å². The van der Waals surface area contributed by atoms with Gasteiger partial charge in [0.1, 0.15) is 0 Å². The Bertz CT molecular complexity index is 448. The van der Waals surface area contributed by atoms with Crippen LogP contribution in [0.1, 0.15) is 13.3 Å². The van der Waals surface area contributed by atoms with E-state index in [-0.39, 0.29) is 0 Å². The van der Waals surface area contributed by atoms with Gasteiger partial charge in [0.2, 0.25) is 0 Å². The molecule has 0 N–H and O–H groups in total. The molecule has 11 heteroatoms. The van der Waals surface area contributed by atoms with Gasteiger partial charge < -0.3 is 0 Å². The predicted octanol–water partition coefficient (Wildman–Crippen LogP) is -2.58. The summed E-state index contributed by atoms with van der Waals surface area (Å²) in [5.41, 5.74) is 2.18. The first kappa shape index (κ1) is 13.9. The zero-order valence-corrected chi connectivity index (χ0v) is 9.43. The molecular weight excluding hydrogens is 182 g/mol. The van der Waals surface area contributed by atoms with Crippen molar-refractivity contribution in [2.24, 2.45) is 0 Å². The molecule has 0 radical (unpaired) electrons. The van der Waals surface area contributed by atoms with Gasteiger partial charge in [-0.1, -0.05) is 0 Å². The molecule has 0 aliphatic carbocycles. The third-order valence-electron chi connectivity index (χ3n) is 2.20. The van der Waals surface area contributed by atoms with Gasteiger partial charge >= 0.3 is 103 Å². The molecule has 1 nitrogen and oxygen atoms in total. The summed E-state index contributed by atoms with van der Waals surface area (Å²) in [6.07, 6.45) is 0.445. The minimum absolute atomic E-state index is 0.445. The van der Waals surface area contributed by atoms with Gasteiger partial charge in [0.25, 0.3) is 0 Å². The molecule has 0 bridgehead atoms. The quantitative estimate of drug-likeness (QED) is 0.414. The van der Waals surface area contributed by atoms with Gasteiger partial charge in [0.05, 0.1) is 0 Å². The Kier molecular flexibility index (Phi) is 7.81. The Labute approximate surface area is 103 Å². The normalized spacial score (nSPS) is 15.2. The van der Waals surface area contributed by atoms with Gasteiger partial charge in [-0.05, 0) is 0 Å². The SMILES string of the molecule is C/C1=C(\CC#N)B=BB=BB=BB=BB=B1. The second-order valence-corrected chi connectivity index (χ2v) is 3.42. The average Bonchev–Trinajstić information content (AvgIpc) is 2.28. The third kappa shape index (κ3) is 5.83. The van der Waals surface area contributed by atoms with Crippen LogP contribution < -0.4 is 0 Å². The van der Waals surface area contributed by atoms with E-state index >= 15 is 0 Å². The molecule has 0 fully saturated rings. The predicted molar refractivity (Wildman–Crippen MR) is 80.5 cm³/mol. The standard InChI is InChI=1S/C5H5B10N/c1-4-5(2-3-16)7-9-11-13-15-14-12-10-8-6-4/h2H2,1H3/b5-4-. The van der Waals surface area contributed by atoms with Crippen molar-refractivity contribution in [2.45, 2.75) is 13.3 Å². The van der Waals surface area contributed by atoms with Gasteiger partial charge in [0.15, 0.2) is 0 Å². The Morgan fingerprint density at radius 3 is 1.94 bits per heavy atom. The van der Waals surface area contributed by atoms with Crippen molar-refractivity contribution >= 4 is 67.1 Å². The van der Waals surface area contributed by atoms with Crippen LogP contribution >= 0.6 is 0 Å². The minimum atomic E-state index is 0.445. The molecule has 1 rings (SSSR count). The number of hydrogen-bond donors (Lipinski definition) is 0. The summed E-state index contributed by atoms with van der Waals surface area (Å²) in [5.74, 6) is 0. The average molecular weight is 187 g/mol. The molecule has 0 aromatic rings. The maximum absolute atomic E-state index is 8.74. The van der Waals surface area contributed by atoms with Crippen LogP contribution in [-0.2, 0) is 0 Å². The second kappa shape index (κ2) is 8.97. The summed E-state index contributed by atoms with van der Waals surface area (Å²) in [4.78, 5) is 0. The molecule has 0 saturated carbocycles. The molecule has 16 heavy (non-hydrogen) atoms. The molecular formula is C5H5B10N. The van der Waals surface area contributed by atoms with E-state index in [0.717, 1.165) is 10.9 Å². The number of rotatable bonds is 1. The fourth-order valence-electron chi connectivity index (χ4n) is 1.28. The zero-order chi connectivity index (χ0) is 11.6. The summed E-state index contributed by atoms with van der Waals surface area (Å²) < 4.78 is 0. The van der Waals surface area contributed by atoms with Crippen molar-refractivity contribution in [1.82, 2.24) is 0 Å². The summed E-state index contributed by atoms with van der Waals surface area (Å²) in [7, 11) is 0. The van der Waals surface area contributed by atoms with Gasteiger partial charge in [-0.25, -0.2) is 0 Å². The Hall–Kier alpha value is -0.121. The van der Waals surface area contributed by atoms with E-state index in [9.17, 15) is 0 Å². The first-order valence-electron chi connectivity index (χ1n) is 5.26. The fourth-order valence-corrected chi connectivity index (χ4v) is 1.28. The van der Waals surface area contributed by atoms with Crippen LogP contribution in [0.4, 0.5) is 0 Å². The van der Waals surface area contributed by atoms with Crippen LogP contribution in [0.2, 0.25) is 0 Å². The van der Waals surface area contributed by atoms with Crippen molar-refractivity contribution in [3.05, 3.63) is 10.9 Å². The monoisotopic (exact) mass is 189 g/mol. The molecule has 60 valence electrons. The number of nitrogens with zero attached hydrogens (tertiary/aromatic N) is 1. The van der Waals surface area contributed by atoms with Gasteiger partial charge in [0, 0.05) is 0 Å². The molecule has 0 atom stereocenters. The van der Waals surface area contributed by atoms with Gasteiger partial charge in [-0.2, -0.15) is 0 Å². The van der Waals surface area contributed by atoms with Crippen LogP contribution in [0.3, 0.4) is 0 Å². The van der Waals surface area contributed by atoms with E-state index in [0.29, 0.717) is 6.42 Å². The first-order valence-corrected chi connectivity index (χ1v) is 5.26. The van der Waals surface area contributed by atoms with E-state index < -0.39 is 0 Å². The molecule has 0 amide bonds. The van der Waals surface area contributed by atoms with E-state index in [1.54, 1.807) is 0 Å². The van der Waals surface area contributed by atoms with Gasteiger partial charge in [-0.3, -0.25) is 0 Å². The van der Waals surface area contributed by atoms with E-state index in [2.05, 4.69) is 6.07 Å². The zero-order valence-electron chi connectivity index (χ0n) is 9.43. The van der Waals surface area contributed by atoms with E-state index in [1.807, 2.05) is 74.1 Å². The third-order valence-corrected chi connectivity index (χ3v) is 2.20. The molecule has 0 saturated heterocycles. The molecule has 0 unspecified atom stereocenters. The molecule has 1 aliphatic rings. The number of allylic oxidation sites excluding steroid dienone is 2. The van der Waals surface area contributed by atoms with E-state index in [1.165, 1.54) is 0 Å². The summed E-state index contributed by atoms with van der Waals surface area (Å²) in [6.45, 7) is 21.8. The Morgan fingerprint density at radius 2 is 1.38 bits per heavy atom. The van der Waals surface area contributed by atoms with Crippen molar-refractivity contribution in [2.75, 3.05) is 0 Å². The number of hydrogen-bond acceptors (Lipinski definition) is 1. The summed E-state index contributed by atoms with van der Waals surface area (Å²) >= 11 is 0. The van der Waals surface area contributed by atoms with Gasteiger partial charge in [-0.15, -0.1) is 0 Å². The summed E-state index contributed by atoms with van der Waals surface area (Å²) in [6, 6.07) is 2.18. The Morgan fingerprint density at radius 1 is 0.875 bits per heavy atom. The van der Waals surface area contributed by atoms with Crippen molar-refractivity contribution in [3.63, 3.8) is 0 Å². The molecule has 0 aromatic heterocycles. The maximum atomic E-state index is 8.74. The topological polar surface area (TPSA) is 23.8 Å². The summed E-state index contributed by atoms with van der Waals surface area (Å²) in [5, 5.41) is 8.74. The van der Waals surface area contributed by atoms with Crippen LogP contribution in [0.15, 0.2) is 10.9 Å². The fraction of sp³-hybridized carbons (Fsp3) is 0.400. The van der Waals surface area contributed by atoms with Crippen molar-refractivity contribution in [3.8, 4) is 6.07 Å². The molecule has 0 aromatic carbocycles. The Balaban J connectivity index is 3.00. The molecule has 1 heterocycles. The first-order chi connectivity index (χ1) is 7.84.